The number of sulfonamides is 1. The molecule has 0 saturated carbocycles. The average Bonchev–Trinajstić information content (AvgIpc) is 2.66. The quantitative estimate of drug-likeness (QED) is 0.669. The zero-order chi connectivity index (χ0) is 20.3. The van der Waals surface area contributed by atoms with Gasteiger partial charge in [0.15, 0.2) is 0 Å². The lowest BCUT2D eigenvalue weighted by Gasteiger charge is -2.12. The molecule has 0 atom stereocenters. The monoisotopic (exact) mass is 397 g/mol. The summed E-state index contributed by atoms with van der Waals surface area (Å²) in [5.41, 5.74) is 4.53. The number of aryl methyl sites for hydroxylation is 2. The Balaban J connectivity index is 1.82. The molecule has 0 fully saturated rings. The van der Waals surface area contributed by atoms with Crippen molar-refractivity contribution < 1.29 is 13.2 Å². The van der Waals surface area contributed by atoms with Gasteiger partial charge in [-0.1, -0.05) is 35.9 Å². The Morgan fingerprint density at radius 2 is 1.75 bits per heavy atom. The molecule has 3 aromatic rings. The normalized spacial score (nSPS) is 11.5. The number of rotatable bonds is 6. The van der Waals surface area contributed by atoms with E-state index in [-0.39, 0.29) is 18.2 Å². The third kappa shape index (κ3) is 4.55. The number of pyridine rings is 1. The summed E-state index contributed by atoms with van der Waals surface area (Å²) in [6, 6.07) is 14.9. The van der Waals surface area contributed by atoms with Crippen LogP contribution in [0.3, 0.4) is 0 Å². The predicted molar refractivity (Wildman–Crippen MR) is 111 cm³/mol. The van der Waals surface area contributed by atoms with Gasteiger partial charge in [-0.3, -0.25) is 9.78 Å². The highest BCUT2D eigenvalue weighted by atomic mass is 32.2. The molecule has 2 N–H and O–H groups in total. The molecular weight excluding hydrogens is 374 g/mol. The van der Waals surface area contributed by atoms with E-state index in [1.165, 1.54) is 7.05 Å². The van der Waals surface area contributed by atoms with Gasteiger partial charge in [0.1, 0.15) is 0 Å². The molecule has 0 saturated heterocycles. The van der Waals surface area contributed by atoms with Gasteiger partial charge in [-0.15, -0.1) is 0 Å². The summed E-state index contributed by atoms with van der Waals surface area (Å²) in [7, 11) is -2.01. The van der Waals surface area contributed by atoms with Crippen molar-refractivity contribution in [1.82, 2.24) is 15.0 Å². The Hall–Kier alpha value is -2.77. The number of fused-ring (bicyclic) bond motifs is 1. The fourth-order valence-corrected chi connectivity index (χ4v) is 3.88. The summed E-state index contributed by atoms with van der Waals surface area (Å²) in [6.45, 7) is 4.04. The number of benzene rings is 2. The smallest absolute Gasteiger partial charge is 0.253 e. The van der Waals surface area contributed by atoms with E-state index < -0.39 is 10.0 Å². The highest BCUT2D eigenvalue weighted by Gasteiger charge is 2.15. The standard InChI is InChI=1S/C21H23N3O3S/c1-14-8-9-20-18(10-14)11-19(15(2)24-20)21(25)23-12-16-6-4-5-7-17(16)13-28(26,27)22-3/h4-11,22H,12-13H2,1-3H3,(H,23,25). The second-order valence-corrected chi connectivity index (χ2v) is 8.66. The maximum absolute atomic E-state index is 12.7. The van der Waals surface area contributed by atoms with Crippen molar-refractivity contribution in [2.45, 2.75) is 26.1 Å². The molecule has 1 aromatic heterocycles. The van der Waals surface area contributed by atoms with Crippen LogP contribution in [0.2, 0.25) is 0 Å². The summed E-state index contributed by atoms with van der Waals surface area (Å²) in [5.74, 6) is -0.370. The molecule has 1 amide bonds. The van der Waals surface area contributed by atoms with E-state index >= 15 is 0 Å². The minimum Gasteiger partial charge on any atom is -0.348 e. The van der Waals surface area contributed by atoms with Crippen LogP contribution in [0.1, 0.15) is 32.7 Å². The minimum absolute atomic E-state index is 0.134. The van der Waals surface area contributed by atoms with Gasteiger partial charge in [0.2, 0.25) is 10.0 Å². The minimum atomic E-state index is -3.39. The van der Waals surface area contributed by atoms with Crippen LogP contribution in [-0.2, 0) is 22.3 Å². The molecule has 0 aliphatic heterocycles. The van der Waals surface area contributed by atoms with Crippen molar-refractivity contribution in [3.05, 3.63) is 76.5 Å². The molecule has 0 aliphatic carbocycles. The van der Waals surface area contributed by atoms with Crippen molar-refractivity contribution in [3.8, 4) is 0 Å². The highest BCUT2D eigenvalue weighted by molar-refractivity contribution is 7.88. The summed E-state index contributed by atoms with van der Waals surface area (Å²) < 4.78 is 26.1. The van der Waals surface area contributed by atoms with Crippen molar-refractivity contribution in [1.29, 1.82) is 0 Å². The molecule has 0 spiro atoms. The van der Waals surface area contributed by atoms with Gasteiger partial charge in [0, 0.05) is 11.9 Å². The van der Waals surface area contributed by atoms with Crippen LogP contribution in [0.25, 0.3) is 10.9 Å². The van der Waals surface area contributed by atoms with Gasteiger partial charge in [-0.2, -0.15) is 0 Å². The zero-order valence-electron chi connectivity index (χ0n) is 16.1. The molecule has 0 radical (unpaired) electrons. The fourth-order valence-electron chi connectivity index (χ4n) is 3.04. The molecule has 0 unspecified atom stereocenters. The molecule has 146 valence electrons. The Kier molecular flexibility index (Phi) is 5.76. The Morgan fingerprint density at radius 1 is 1.04 bits per heavy atom. The lowest BCUT2D eigenvalue weighted by molar-refractivity contribution is 0.0950. The van der Waals surface area contributed by atoms with Crippen molar-refractivity contribution in [3.63, 3.8) is 0 Å². The molecule has 7 heteroatoms. The van der Waals surface area contributed by atoms with Crippen LogP contribution in [0.4, 0.5) is 0 Å². The number of amides is 1. The van der Waals surface area contributed by atoms with E-state index in [1.54, 1.807) is 12.1 Å². The molecule has 2 aromatic carbocycles. The number of nitrogens with zero attached hydrogens (tertiary/aromatic N) is 1. The first-order chi connectivity index (χ1) is 13.3. The van der Waals surface area contributed by atoms with Gasteiger partial charge >= 0.3 is 0 Å². The van der Waals surface area contributed by atoms with E-state index in [4.69, 9.17) is 0 Å². The van der Waals surface area contributed by atoms with Gasteiger partial charge < -0.3 is 5.32 Å². The topological polar surface area (TPSA) is 88.2 Å². The first-order valence-electron chi connectivity index (χ1n) is 8.93. The van der Waals surface area contributed by atoms with E-state index in [1.807, 2.05) is 50.2 Å². The molecule has 1 heterocycles. The third-order valence-electron chi connectivity index (χ3n) is 4.62. The first-order valence-corrected chi connectivity index (χ1v) is 10.6. The maximum atomic E-state index is 12.7. The van der Waals surface area contributed by atoms with Crippen LogP contribution < -0.4 is 10.0 Å². The lowest BCUT2D eigenvalue weighted by atomic mass is 10.1. The van der Waals surface area contributed by atoms with E-state index in [0.29, 0.717) is 16.8 Å². The molecule has 0 bridgehead atoms. The van der Waals surface area contributed by atoms with Crippen LogP contribution in [0.15, 0.2) is 48.5 Å². The summed E-state index contributed by atoms with van der Waals surface area (Å²) in [4.78, 5) is 17.3. The Morgan fingerprint density at radius 3 is 2.46 bits per heavy atom. The fraction of sp³-hybridized carbons (Fsp3) is 0.238. The van der Waals surface area contributed by atoms with Crippen LogP contribution in [0, 0.1) is 13.8 Å². The number of carbonyl (C=O) groups is 1. The largest absolute Gasteiger partial charge is 0.348 e. The first kappa shape index (κ1) is 20.0. The predicted octanol–water partition coefficient (Wildman–Crippen LogP) is 2.83. The molecular formula is C21H23N3O3S. The number of hydrogen-bond acceptors (Lipinski definition) is 4. The summed E-state index contributed by atoms with van der Waals surface area (Å²) >= 11 is 0. The maximum Gasteiger partial charge on any atom is 0.253 e. The SMILES string of the molecule is CNS(=O)(=O)Cc1ccccc1CNC(=O)c1cc2cc(C)ccc2nc1C. The van der Waals surface area contributed by atoms with E-state index in [2.05, 4.69) is 15.0 Å². The summed E-state index contributed by atoms with van der Waals surface area (Å²) in [5, 5.41) is 3.80. The zero-order valence-corrected chi connectivity index (χ0v) is 16.9. The van der Waals surface area contributed by atoms with E-state index in [0.717, 1.165) is 22.0 Å². The average molecular weight is 398 g/mol. The van der Waals surface area contributed by atoms with Crippen LogP contribution in [-0.4, -0.2) is 26.4 Å². The van der Waals surface area contributed by atoms with Crippen molar-refractivity contribution in [2.75, 3.05) is 7.05 Å². The number of aromatic nitrogens is 1. The Labute approximate surface area is 165 Å². The molecule has 3 rings (SSSR count). The van der Waals surface area contributed by atoms with Gasteiger partial charge in [-0.05, 0) is 50.2 Å². The molecule has 28 heavy (non-hydrogen) atoms. The lowest BCUT2D eigenvalue weighted by Crippen LogP contribution is -2.26. The number of hydrogen-bond donors (Lipinski definition) is 2. The molecule has 6 nitrogen and oxygen atoms in total. The number of carbonyl (C=O) groups excluding carboxylic acids is 1. The van der Waals surface area contributed by atoms with Gasteiger partial charge in [0.25, 0.3) is 5.91 Å². The van der Waals surface area contributed by atoms with Crippen LogP contribution in [0.5, 0.6) is 0 Å². The highest BCUT2D eigenvalue weighted by Crippen LogP contribution is 2.18. The summed E-state index contributed by atoms with van der Waals surface area (Å²) in [6.07, 6.45) is 0. The third-order valence-corrected chi connectivity index (χ3v) is 5.93. The Bertz CT molecular complexity index is 1140. The van der Waals surface area contributed by atoms with Crippen LogP contribution >= 0.6 is 0 Å². The van der Waals surface area contributed by atoms with Gasteiger partial charge in [0.05, 0.1) is 22.5 Å². The van der Waals surface area contributed by atoms with E-state index in [9.17, 15) is 13.2 Å². The van der Waals surface area contributed by atoms with Gasteiger partial charge in [-0.25, -0.2) is 13.1 Å². The van der Waals surface area contributed by atoms with Crippen molar-refractivity contribution in [2.24, 2.45) is 0 Å². The molecule has 0 aliphatic rings. The second kappa shape index (κ2) is 8.08. The second-order valence-electron chi connectivity index (χ2n) is 6.73. The van der Waals surface area contributed by atoms with Crippen molar-refractivity contribution >= 4 is 26.8 Å². The number of nitrogens with one attached hydrogen (secondary N) is 2.